The van der Waals surface area contributed by atoms with Crippen LogP contribution in [-0.4, -0.2) is 59.8 Å². The SMILES string of the molecule is O=C(O)CC1(NC(=O)C2(CNC(=O)OCC3c4ccccc4-c4ccccc43)CC2)CCN(Cc2ccccc2)CC1. The number of hydrogen-bond donors (Lipinski definition) is 3. The van der Waals surface area contributed by atoms with Crippen LogP contribution in [0.25, 0.3) is 11.1 Å². The summed E-state index contributed by atoms with van der Waals surface area (Å²) >= 11 is 0. The van der Waals surface area contributed by atoms with Crippen LogP contribution in [0.15, 0.2) is 78.9 Å². The van der Waals surface area contributed by atoms with E-state index in [0.717, 1.165) is 28.8 Å². The largest absolute Gasteiger partial charge is 0.481 e. The molecule has 1 aliphatic heterocycles. The highest BCUT2D eigenvalue weighted by Gasteiger charge is 2.52. The topological polar surface area (TPSA) is 108 Å². The number of aliphatic carboxylic acids is 1. The average Bonchev–Trinajstić information content (AvgIpc) is 3.73. The second-order valence-corrected chi connectivity index (χ2v) is 12.0. The maximum Gasteiger partial charge on any atom is 0.407 e. The quantitative estimate of drug-likeness (QED) is 0.321. The standard InChI is InChI=1S/C34H37N3O5/c38-30(39)20-34(16-18-37(19-17-34)21-24-8-2-1-3-9-24)36-31(40)33(14-15-33)23-35-32(41)42-22-29-27-12-6-4-10-25(27)26-11-5-7-13-28(26)29/h1-13,29H,14-23H2,(H,35,41)(H,36,40)(H,38,39). The number of benzene rings is 3. The Morgan fingerprint density at radius 2 is 1.43 bits per heavy atom. The number of alkyl carbamates (subject to hydrolysis) is 1. The molecule has 2 aliphatic carbocycles. The molecule has 3 N–H and O–H groups in total. The fourth-order valence-corrected chi connectivity index (χ4v) is 6.52. The number of carboxylic acids is 1. The second-order valence-electron chi connectivity index (χ2n) is 12.0. The lowest BCUT2D eigenvalue weighted by molar-refractivity contribution is -0.140. The van der Waals surface area contributed by atoms with Crippen LogP contribution in [0.1, 0.15) is 54.7 Å². The Labute approximate surface area is 246 Å². The number of ether oxygens (including phenoxy) is 1. The van der Waals surface area contributed by atoms with Crippen LogP contribution in [0.3, 0.4) is 0 Å². The zero-order valence-electron chi connectivity index (χ0n) is 23.7. The number of hydrogen-bond acceptors (Lipinski definition) is 5. The number of nitrogens with one attached hydrogen (secondary N) is 2. The molecule has 3 aromatic rings. The van der Waals surface area contributed by atoms with E-state index >= 15 is 0 Å². The van der Waals surface area contributed by atoms with Crippen LogP contribution in [0, 0.1) is 5.41 Å². The number of carbonyl (C=O) groups is 3. The van der Waals surface area contributed by atoms with Gasteiger partial charge in [-0.15, -0.1) is 0 Å². The van der Waals surface area contributed by atoms with Crippen molar-refractivity contribution in [1.82, 2.24) is 15.5 Å². The lowest BCUT2D eigenvalue weighted by atomic mass is 9.83. The molecule has 6 rings (SSSR count). The smallest absolute Gasteiger partial charge is 0.407 e. The fraction of sp³-hybridized carbons (Fsp3) is 0.382. The van der Waals surface area contributed by atoms with Gasteiger partial charge in [0.15, 0.2) is 0 Å². The number of fused-ring (bicyclic) bond motifs is 3. The predicted octanol–water partition coefficient (Wildman–Crippen LogP) is 4.93. The molecule has 0 bridgehead atoms. The highest BCUT2D eigenvalue weighted by atomic mass is 16.5. The number of likely N-dealkylation sites (tertiary alicyclic amines) is 1. The van der Waals surface area contributed by atoms with E-state index < -0.39 is 23.0 Å². The Kier molecular flexibility index (Phi) is 7.73. The van der Waals surface area contributed by atoms with Gasteiger partial charge in [-0.25, -0.2) is 4.79 Å². The van der Waals surface area contributed by atoms with Gasteiger partial charge in [0.2, 0.25) is 5.91 Å². The molecule has 42 heavy (non-hydrogen) atoms. The minimum atomic E-state index is -0.923. The van der Waals surface area contributed by atoms with Crippen LogP contribution < -0.4 is 10.6 Å². The molecular formula is C34H37N3O5. The van der Waals surface area contributed by atoms with Crippen LogP contribution in [-0.2, 0) is 20.9 Å². The summed E-state index contributed by atoms with van der Waals surface area (Å²) in [6.07, 6.45) is 1.75. The molecule has 2 fully saturated rings. The first-order chi connectivity index (χ1) is 20.4. The van der Waals surface area contributed by atoms with Gasteiger partial charge in [0.05, 0.1) is 17.4 Å². The maximum atomic E-state index is 13.5. The van der Waals surface area contributed by atoms with E-state index in [0.29, 0.717) is 38.8 Å². The third-order valence-corrected chi connectivity index (χ3v) is 9.18. The molecule has 8 nitrogen and oxygen atoms in total. The number of carboxylic acid groups (broad SMARTS) is 1. The Morgan fingerprint density at radius 1 is 0.833 bits per heavy atom. The van der Waals surface area contributed by atoms with E-state index in [9.17, 15) is 19.5 Å². The van der Waals surface area contributed by atoms with Crippen molar-refractivity contribution in [3.05, 3.63) is 95.6 Å². The van der Waals surface area contributed by atoms with E-state index in [1.54, 1.807) is 0 Å². The van der Waals surface area contributed by atoms with E-state index in [1.165, 1.54) is 5.56 Å². The molecule has 1 saturated heterocycles. The molecule has 0 aromatic heterocycles. The molecule has 2 amide bonds. The maximum absolute atomic E-state index is 13.5. The number of rotatable bonds is 10. The van der Waals surface area contributed by atoms with Gasteiger partial charge in [-0.1, -0.05) is 78.9 Å². The van der Waals surface area contributed by atoms with Crippen molar-refractivity contribution < 1.29 is 24.2 Å². The summed E-state index contributed by atoms with van der Waals surface area (Å²) in [5.74, 6) is -1.14. The summed E-state index contributed by atoms with van der Waals surface area (Å²) in [5, 5.41) is 15.6. The Hall–Kier alpha value is -4.17. The summed E-state index contributed by atoms with van der Waals surface area (Å²) in [4.78, 5) is 40.4. The molecule has 1 heterocycles. The van der Waals surface area contributed by atoms with Crippen molar-refractivity contribution >= 4 is 18.0 Å². The van der Waals surface area contributed by atoms with Crippen molar-refractivity contribution in [2.24, 2.45) is 5.41 Å². The van der Waals surface area contributed by atoms with E-state index in [-0.39, 0.29) is 31.4 Å². The molecular weight excluding hydrogens is 530 g/mol. The summed E-state index contributed by atoms with van der Waals surface area (Å²) < 4.78 is 5.66. The van der Waals surface area contributed by atoms with Gasteiger partial charge in [-0.05, 0) is 53.5 Å². The molecule has 3 aromatic carbocycles. The fourth-order valence-electron chi connectivity index (χ4n) is 6.52. The summed E-state index contributed by atoms with van der Waals surface area (Å²) in [6, 6.07) is 26.5. The van der Waals surface area contributed by atoms with Crippen LogP contribution >= 0.6 is 0 Å². The zero-order valence-corrected chi connectivity index (χ0v) is 23.7. The minimum absolute atomic E-state index is 0.0371. The van der Waals surface area contributed by atoms with Crippen LogP contribution in [0.5, 0.6) is 0 Å². The van der Waals surface area contributed by atoms with E-state index in [2.05, 4.69) is 51.9 Å². The molecule has 8 heteroatoms. The number of carbonyl (C=O) groups excluding carboxylic acids is 2. The predicted molar refractivity (Wildman–Crippen MR) is 159 cm³/mol. The molecule has 1 saturated carbocycles. The normalized spacial score (nSPS) is 18.4. The monoisotopic (exact) mass is 567 g/mol. The summed E-state index contributed by atoms with van der Waals surface area (Å²) in [7, 11) is 0. The average molecular weight is 568 g/mol. The summed E-state index contributed by atoms with van der Waals surface area (Å²) in [6.45, 7) is 2.58. The number of piperidine rings is 1. The molecule has 0 atom stereocenters. The third-order valence-electron chi connectivity index (χ3n) is 9.18. The number of nitrogens with zero attached hydrogens (tertiary/aromatic N) is 1. The first-order valence-electron chi connectivity index (χ1n) is 14.8. The van der Waals surface area contributed by atoms with Crippen molar-refractivity contribution in [3.8, 4) is 11.1 Å². The first-order valence-corrected chi connectivity index (χ1v) is 14.8. The van der Waals surface area contributed by atoms with Gasteiger partial charge < -0.3 is 20.5 Å². The summed E-state index contributed by atoms with van der Waals surface area (Å²) in [5.41, 5.74) is 4.30. The second kappa shape index (κ2) is 11.6. The van der Waals surface area contributed by atoms with E-state index in [1.807, 2.05) is 42.5 Å². The van der Waals surface area contributed by atoms with E-state index in [4.69, 9.17) is 4.74 Å². The van der Waals surface area contributed by atoms with Crippen molar-refractivity contribution in [3.63, 3.8) is 0 Å². The van der Waals surface area contributed by atoms with Gasteiger partial charge in [0, 0.05) is 32.1 Å². The molecule has 0 radical (unpaired) electrons. The molecule has 0 spiro atoms. The van der Waals surface area contributed by atoms with Gasteiger partial charge in [0.25, 0.3) is 0 Å². The lowest BCUT2D eigenvalue weighted by Crippen LogP contribution is -2.58. The van der Waals surface area contributed by atoms with Gasteiger partial charge in [0.1, 0.15) is 6.61 Å². The van der Waals surface area contributed by atoms with Crippen molar-refractivity contribution in [1.29, 1.82) is 0 Å². The molecule has 218 valence electrons. The van der Waals surface area contributed by atoms with Crippen molar-refractivity contribution in [2.45, 2.75) is 50.1 Å². The Balaban J connectivity index is 1.03. The highest BCUT2D eigenvalue weighted by molar-refractivity contribution is 5.87. The minimum Gasteiger partial charge on any atom is -0.481 e. The zero-order chi connectivity index (χ0) is 29.2. The molecule has 3 aliphatic rings. The van der Waals surface area contributed by atoms with Crippen molar-refractivity contribution in [2.75, 3.05) is 26.2 Å². The first kappa shape index (κ1) is 28.0. The third kappa shape index (κ3) is 5.90. The Morgan fingerprint density at radius 3 is 2.02 bits per heavy atom. The Bertz CT molecular complexity index is 1420. The van der Waals surface area contributed by atoms with Gasteiger partial charge in [-0.3, -0.25) is 14.5 Å². The van der Waals surface area contributed by atoms with Crippen LogP contribution in [0.2, 0.25) is 0 Å². The number of amides is 2. The highest BCUT2D eigenvalue weighted by Crippen LogP contribution is 2.47. The lowest BCUT2D eigenvalue weighted by Gasteiger charge is -2.42. The molecule has 0 unspecified atom stereocenters. The van der Waals surface area contributed by atoms with Gasteiger partial charge >= 0.3 is 12.1 Å². The van der Waals surface area contributed by atoms with Crippen LogP contribution in [0.4, 0.5) is 4.79 Å². The van der Waals surface area contributed by atoms with Gasteiger partial charge in [-0.2, -0.15) is 0 Å².